The summed E-state index contributed by atoms with van der Waals surface area (Å²) in [6, 6.07) is 12.4. The number of fused-ring (bicyclic) bond motifs is 2. The highest BCUT2D eigenvalue weighted by Gasteiger charge is 2.50. The largest absolute Gasteiger partial charge is 0.314 e. The maximum atomic E-state index is 12.9. The molecule has 1 saturated heterocycles. The van der Waals surface area contributed by atoms with Gasteiger partial charge in [-0.2, -0.15) is 0 Å². The van der Waals surface area contributed by atoms with E-state index in [4.69, 9.17) is 0 Å². The second-order valence-corrected chi connectivity index (χ2v) is 6.60. The minimum atomic E-state index is -0.305. The lowest BCUT2D eigenvalue weighted by Gasteiger charge is -2.38. The van der Waals surface area contributed by atoms with Gasteiger partial charge < -0.3 is 4.90 Å². The lowest BCUT2D eigenvalue weighted by Crippen LogP contribution is -2.47. The molecule has 0 atom stereocenters. The van der Waals surface area contributed by atoms with E-state index < -0.39 is 0 Å². The van der Waals surface area contributed by atoms with E-state index in [9.17, 15) is 4.79 Å². The molecule has 1 aromatic heterocycles. The maximum absolute atomic E-state index is 12.9. The standard InChI is InChI=1S/C19H21N3O/c1-21-17-5-3-2-4-16(17)19(18(21)23)8-12-22(13-9-19)14-15-6-10-20-11-7-15/h2-7,10-11H,8-9,12-14H2,1H3. The molecule has 0 saturated carbocycles. The third-order valence-corrected chi connectivity index (χ3v) is 5.36. The average Bonchev–Trinajstić information content (AvgIpc) is 2.81. The Hall–Kier alpha value is -2.20. The molecular weight excluding hydrogens is 286 g/mol. The van der Waals surface area contributed by atoms with Crippen LogP contribution < -0.4 is 4.90 Å². The van der Waals surface area contributed by atoms with E-state index in [-0.39, 0.29) is 11.3 Å². The van der Waals surface area contributed by atoms with Gasteiger partial charge in [0.05, 0.1) is 5.41 Å². The number of hydrogen-bond donors (Lipinski definition) is 0. The number of likely N-dealkylation sites (N-methyl/N-ethyl adjacent to an activating group) is 1. The van der Waals surface area contributed by atoms with Gasteiger partial charge in [-0.3, -0.25) is 14.7 Å². The predicted molar refractivity (Wildman–Crippen MR) is 90.3 cm³/mol. The van der Waals surface area contributed by atoms with Crippen LogP contribution in [-0.2, 0) is 16.8 Å². The fraction of sp³-hybridized carbons (Fsp3) is 0.368. The van der Waals surface area contributed by atoms with E-state index >= 15 is 0 Å². The lowest BCUT2D eigenvalue weighted by molar-refractivity contribution is -0.124. The number of amides is 1. The van der Waals surface area contributed by atoms with Crippen LogP contribution >= 0.6 is 0 Å². The number of carbonyl (C=O) groups is 1. The minimum absolute atomic E-state index is 0.266. The number of hydrogen-bond acceptors (Lipinski definition) is 3. The summed E-state index contributed by atoms with van der Waals surface area (Å²) >= 11 is 0. The summed E-state index contributed by atoms with van der Waals surface area (Å²) in [4.78, 5) is 21.3. The molecule has 4 nitrogen and oxygen atoms in total. The SMILES string of the molecule is CN1C(=O)C2(CCN(Cc3ccncc3)CC2)c2ccccc21. The molecule has 2 aromatic rings. The van der Waals surface area contributed by atoms with Gasteiger partial charge in [0, 0.05) is 31.7 Å². The van der Waals surface area contributed by atoms with Crippen LogP contribution in [0.5, 0.6) is 0 Å². The zero-order valence-electron chi connectivity index (χ0n) is 13.4. The molecule has 23 heavy (non-hydrogen) atoms. The minimum Gasteiger partial charge on any atom is -0.314 e. The highest BCUT2D eigenvalue weighted by Crippen LogP contribution is 2.47. The molecule has 1 fully saturated rings. The first-order chi connectivity index (χ1) is 11.2. The van der Waals surface area contributed by atoms with Crippen LogP contribution in [0.1, 0.15) is 24.0 Å². The summed E-state index contributed by atoms with van der Waals surface area (Å²) < 4.78 is 0. The van der Waals surface area contributed by atoms with Gasteiger partial charge in [0.2, 0.25) is 5.91 Å². The lowest BCUT2D eigenvalue weighted by atomic mass is 9.73. The molecule has 1 aromatic carbocycles. The topological polar surface area (TPSA) is 36.4 Å². The van der Waals surface area contributed by atoms with Crippen molar-refractivity contribution in [3.63, 3.8) is 0 Å². The highest BCUT2D eigenvalue weighted by atomic mass is 16.2. The zero-order chi connectivity index (χ0) is 15.9. The predicted octanol–water partition coefficient (Wildman–Crippen LogP) is 2.59. The third-order valence-electron chi connectivity index (χ3n) is 5.36. The normalized spacial score (nSPS) is 20.0. The number of piperidine rings is 1. The molecule has 2 aliphatic rings. The van der Waals surface area contributed by atoms with Crippen molar-refractivity contribution in [1.82, 2.24) is 9.88 Å². The second kappa shape index (κ2) is 5.46. The third kappa shape index (κ3) is 2.25. The van der Waals surface area contributed by atoms with Crippen LogP contribution in [0.25, 0.3) is 0 Å². The Morgan fingerprint density at radius 1 is 1.09 bits per heavy atom. The molecule has 3 heterocycles. The molecule has 0 N–H and O–H groups in total. The number of anilines is 1. The molecule has 0 bridgehead atoms. The number of carbonyl (C=O) groups excluding carboxylic acids is 1. The number of benzene rings is 1. The smallest absolute Gasteiger partial charge is 0.237 e. The van der Waals surface area contributed by atoms with Crippen LogP contribution in [-0.4, -0.2) is 35.9 Å². The van der Waals surface area contributed by atoms with E-state index in [2.05, 4.69) is 40.2 Å². The summed E-state index contributed by atoms with van der Waals surface area (Å²) in [6.07, 6.45) is 5.48. The number of aromatic nitrogens is 1. The molecule has 0 unspecified atom stereocenters. The number of rotatable bonds is 2. The maximum Gasteiger partial charge on any atom is 0.237 e. The second-order valence-electron chi connectivity index (χ2n) is 6.60. The van der Waals surface area contributed by atoms with Gasteiger partial charge in [0.15, 0.2) is 0 Å². The van der Waals surface area contributed by atoms with Crippen molar-refractivity contribution in [1.29, 1.82) is 0 Å². The number of para-hydroxylation sites is 1. The highest BCUT2D eigenvalue weighted by molar-refractivity contribution is 6.07. The van der Waals surface area contributed by atoms with Gasteiger partial charge in [-0.25, -0.2) is 0 Å². The molecular formula is C19H21N3O. The molecule has 1 amide bonds. The average molecular weight is 307 g/mol. The Morgan fingerprint density at radius 2 is 1.78 bits per heavy atom. The quantitative estimate of drug-likeness (QED) is 0.855. The summed E-state index contributed by atoms with van der Waals surface area (Å²) in [5, 5.41) is 0. The molecule has 4 rings (SSSR count). The van der Waals surface area contributed by atoms with Crippen LogP contribution in [0.15, 0.2) is 48.8 Å². The van der Waals surface area contributed by atoms with Crippen molar-refractivity contribution in [3.8, 4) is 0 Å². The van der Waals surface area contributed by atoms with Crippen molar-refractivity contribution in [3.05, 3.63) is 59.9 Å². The monoisotopic (exact) mass is 307 g/mol. The van der Waals surface area contributed by atoms with Gasteiger partial charge in [0.25, 0.3) is 0 Å². The Bertz CT molecular complexity index is 720. The fourth-order valence-corrected chi connectivity index (χ4v) is 4.04. The first kappa shape index (κ1) is 14.4. The zero-order valence-corrected chi connectivity index (χ0v) is 13.4. The first-order valence-corrected chi connectivity index (χ1v) is 8.20. The van der Waals surface area contributed by atoms with E-state index in [0.717, 1.165) is 38.2 Å². The van der Waals surface area contributed by atoms with Crippen LogP contribution in [0, 0.1) is 0 Å². The number of likely N-dealkylation sites (tertiary alicyclic amines) is 1. The van der Waals surface area contributed by atoms with E-state index in [1.165, 1.54) is 11.1 Å². The summed E-state index contributed by atoms with van der Waals surface area (Å²) in [7, 11) is 1.90. The van der Waals surface area contributed by atoms with Gasteiger partial charge in [-0.1, -0.05) is 18.2 Å². The van der Waals surface area contributed by atoms with E-state index in [0.29, 0.717) is 0 Å². The Labute approximate surface area is 136 Å². The van der Waals surface area contributed by atoms with Crippen molar-refractivity contribution in [2.75, 3.05) is 25.0 Å². The summed E-state index contributed by atoms with van der Waals surface area (Å²) in [6.45, 7) is 2.84. The Kier molecular flexibility index (Phi) is 3.42. The molecule has 4 heteroatoms. The van der Waals surface area contributed by atoms with Crippen molar-refractivity contribution in [2.24, 2.45) is 0 Å². The van der Waals surface area contributed by atoms with Crippen LogP contribution in [0.4, 0.5) is 5.69 Å². The fourth-order valence-electron chi connectivity index (χ4n) is 4.04. The molecule has 118 valence electrons. The number of pyridine rings is 1. The van der Waals surface area contributed by atoms with Gasteiger partial charge in [0.1, 0.15) is 0 Å². The van der Waals surface area contributed by atoms with Crippen molar-refractivity contribution < 1.29 is 4.79 Å². The molecule has 0 radical (unpaired) electrons. The molecule has 0 aliphatic carbocycles. The summed E-state index contributed by atoms with van der Waals surface area (Å²) in [5.41, 5.74) is 3.28. The van der Waals surface area contributed by atoms with Gasteiger partial charge in [-0.05, 0) is 55.3 Å². The van der Waals surface area contributed by atoms with Crippen molar-refractivity contribution in [2.45, 2.75) is 24.8 Å². The summed E-state index contributed by atoms with van der Waals surface area (Å²) in [5.74, 6) is 0.266. The van der Waals surface area contributed by atoms with Crippen molar-refractivity contribution >= 4 is 11.6 Å². The molecule has 2 aliphatic heterocycles. The Balaban J connectivity index is 1.54. The molecule has 1 spiro atoms. The Morgan fingerprint density at radius 3 is 2.52 bits per heavy atom. The van der Waals surface area contributed by atoms with E-state index in [1.807, 2.05) is 30.4 Å². The number of nitrogens with zero attached hydrogens (tertiary/aromatic N) is 3. The van der Waals surface area contributed by atoms with Gasteiger partial charge >= 0.3 is 0 Å². The van der Waals surface area contributed by atoms with Crippen LogP contribution in [0.3, 0.4) is 0 Å². The van der Waals surface area contributed by atoms with Crippen LogP contribution in [0.2, 0.25) is 0 Å². The van der Waals surface area contributed by atoms with Gasteiger partial charge in [-0.15, -0.1) is 0 Å². The van der Waals surface area contributed by atoms with E-state index in [1.54, 1.807) is 0 Å². The first-order valence-electron chi connectivity index (χ1n) is 8.20.